The van der Waals surface area contributed by atoms with Crippen LogP contribution in [-0.4, -0.2) is 37.5 Å². The molecule has 7 heteroatoms. The standard InChI is InChI=1S/C21H26N2O3S2/c1-2-27-20-10-6-5-9-19(20)21(24)22-17-11-13-18(14-12-17)28(25,26)23-15-7-3-4-8-16-23/h5-6,9-14H,2-4,7-8,15-16H2,1H3,(H,22,24). The molecule has 0 unspecified atom stereocenters. The third-order valence-corrected chi connectivity index (χ3v) is 7.62. The Labute approximate surface area is 171 Å². The number of hydrogen-bond donors (Lipinski definition) is 1. The largest absolute Gasteiger partial charge is 0.322 e. The van der Waals surface area contributed by atoms with Crippen molar-refractivity contribution in [1.29, 1.82) is 0 Å². The number of carbonyl (C=O) groups is 1. The molecule has 0 radical (unpaired) electrons. The van der Waals surface area contributed by atoms with E-state index in [1.165, 1.54) is 0 Å². The fourth-order valence-electron chi connectivity index (χ4n) is 3.28. The monoisotopic (exact) mass is 418 g/mol. The lowest BCUT2D eigenvalue weighted by Crippen LogP contribution is -2.31. The van der Waals surface area contributed by atoms with Gasteiger partial charge < -0.3 is 5.32 Å². The molecule has 2 aromatic carbocycles. The zero-order valence-electron chi connectivity index (χ0n) is 16.1. The summed E-state index contributed by atoms with van der Waals surface area (Å²) in [4.78, 5) is 13.8. The summed E-state index contributed by atoms with van der Waals surface area (Å²) in [5.74, 6) is 0.688. The summed E-state index contributed by atoms with van der Waals surface area (Å²) in [6.07, 6.45) is 3.97. The molecule has 0 spiro atoms. The van der Waals surface area contributed by atoms with E-state index >= 15 is 0 Å². The van der Waals surface area contributed by atoms with Gasteiger partial charge in [-0.3, -0.25) is 4.79 Å². The van der Waals surface area contributed by atoms with Crippen molar-refractivity contribution < 1.29 is 13.2 Å². The maximum Gasteiger partial charge on any atom is 0.256 e. The van der Waals surface area contributed by atoms with Gasteiger partial charge in [0.1, 0.15) is 0 Å². The minimum absolute atomic E-state index is 0.195. The number of thioether (sulfide) groups is 1. The fraction of sp³-hybridized carbons (Fsp3) is 0.381. The predicted molar refractivity (Wildman–Crippen MR) is 114 cm³/mol. The lowest BCUT2D eigenvalue weighted by atomic mass is 10.2. The molecule has 1 aliphatic heterocycles. The van der Waals surface area contributed by atoms with E-state index in [-0.39, 0.29) is 10.8 Å². The molecule has 1 heterocycles. The van der Waals surface area contributed by atoms with Crippen molar-refractivity contribution >= 4 is 33.4 Å². The maximum atomic E-state index is 12.8. The maximum absolute atomic E-state index is 12.8. The first kappa shape index (κ1) is 20.9. The average molecular weight is 419 g/mol. The Kier molecular flexibility index (Phi) is 7.15. The first-order chi connectivity index (χ1) is 13.5. The number of benzene rings is 2. The van der Waals surface area contributed by atoms with Crippen LogP contribution >= 0.6 is 11.8 Å². The molecule has 0 saturated carbocycles. The van der Waals surface area contributed by atoms with Crippen molar-refractivity contribution in [2.75, 3.05) is 24.2 Å². The number of sulfonamides is 1. The van der Waals surface area contributed by atoms with Crippen LogP contribution in [0, 0.1) is 0 Å². The Morgan fingerprint density at radius 2 is 1.64 bits per heavy atom. The van der Waals surface area contributed by atoms with Gasteiger partial charge in [0.05, 0.1) is 10.5 Å². The Morgan fingerprint density at radius 1 is 1.00 bits per heavy atom. The van der Waals surface area contributed by atoms with Crippen LogP contribution in [0.15, 0.2) is 58.3 Å². The molecule has 28 heavy (non-hydrogen) atoms. The molecule has 0 bridgehead atoms. The van der Waals surface area contributed by atoms with Gasteiger partial charge in [0, 0.05) is 23.7 Å². The predicted octanol–water partition coefficient (Wildman–Crippen LogP) is 4.62. The summed E-state index contributed by atoms with van der Waals surface area (Å²) >= 11 is 1.62. The number of nitrogens with one attached hydrogen (secondary N) is 1. The van der Waals surface area contributed by atoms with Gasteiger partial charge in [-0.05, 0) is 55.0 Å². The molecule has 0 aromatic heterocycles. The van der Waals surface area contributed by atoms with Crippen molar-refractivity contribution in [3.05, 3.63) is 54.1 Å². The summed E-state index contributed by atoms with van der Waals surface area (Å²) in [7, 11) is -3.48. The van der Waals surface area contributed by atoms with Crippen LogP contribution in [0.2, 0.25) is 0 Å². The molecule has 150 valence electrons. The van der Waals surface area contributed by atoms with Gasteiger partial charge in [-0.15, -0.1) is 11.8 Å². The van der Waals surface area contributed by atoms with Gasteiger partial charge in [-0.1, -0.05) is 31.9 Å². The summed E-state index contributed by atoms with van der Waals surface area (Å²) in [5.41, 5.74) is 1.20. The van der Waals surface area contributed by atoms with Crippen molar-refractivity contribution in [3.8, 4) is 0 Å². The van der Waals surface area contributed by atoms with Gasteiger partial charge in [0.25, 0.3) is 5.91 Å². The molecular weight excluding hydrogens is 392 g/mol. The summed E-state index contributed by atoms with van der Waals surface area (Å²) in [6.45, 7) is 3.20. The number of nitrogens with zero attached hydrogens (tertiary/aromatic N) is 1. The third kappa shape index (κ3) is 4.96. The highest BCUT2D eigenvalue weighted by atomic mass is 32.2. The van der Waals surface area contributed by atoms with E-state index in [4.69, 9.17) is 0 Å². The first-order valence-corrected chi connectivity index (χ1v) is 12.1. The quantitative estimate of drug-likeness (QED) is 0.696. The van der Waals surface area contributed by atoms with Crippen molar-refractivity contribution in [3.63, 3.8) is 0 Å². The SMILES string of the molecule is CCSc1ccccc1C(=O)Nc1ccc(S(=O)(=O)N2CCCCCC2)cc1. The molecule has 0 atom stereocenters. The van der Waals surface area contributed by atoms with Crippen LogP contribution in [-0.2, 0) is 10.0 Å². The summed E-state index contributed by atoms with van der Waals surface area (Å²) in [6, 6.07) is 13.9. The lowest BCUT2D eigenvalue weighted by Gasteiger charge is -2.20. The van der Waals surface area contributed by atoms with Crippen LogP contribution in [0.4, 0.5) is 5.69 Å². The first-order valence-electron chi connectivity index (χ1n) is 9.66. The highest BCUT2D eigenvalue weighted by Crippen LogP contribution is 2.25. The Bertz CT molecular complexity index is 904. The summed E-state index contributed by atoms with van der Waals surface area (Å²) < 4.78 is 27.3. The van der Waals surface area contributed by atoms with E-state index in [0.29, 0.717) is 24.3 Å². The fourth-order valence-corrected chi connectivity index (χ4v) is 5.59. The second-order valence-electron chi connectivity index (χ2n) is 6.73. The molecule has 1 saturated heterocycles. The molecule has 1 amide bonds. The van der Waals surface area contributed by atoms with Gasteiger partial charge in [0.15, 0.2) is 0 Å². The van der Waals surface area contributed by atoms with Gasteiger partial charge in [-0.2, -0.15) is 4.31 Å². The molecule has 0 aliphatic carbocycles. The normalized spacial score (nSPS) is 15.8. The Hall–Kier alpha value is -1.83. The van der Waals surface area contributed by atoms with Gasteiger partial charge in [0.2, 0.25) is 10.0 Å². The molecule has 2 aromatic rings. The second-order valence-corrected chi connectivity index (χ2v) is 9.97. The van der Waals surface area contributed by atoms with Crippen molar-refractivity contribution in [2.45, 2.75) is 42.4 Å². The van der Waals surface area contributed by atoms with E-state index < -0.39 is 10.0 Å². The van der Waals surface area contributed by atoms with Crippen LogP contribution in [0.1, 0.15) is 43.0 Å². The highest BCUT2D eigenvalue weighted by Gasteiger charge is 2.25. The Balaban J connectivity index is 1.73. The minimum atomic E-state index is -3.48. The van der Waals surface area contributed by atoms with E-state index in [1.54, 1.807) is 46.4 Å². The minimum Gasteiger partial charge on any atom is -0.322 e. The van der Waals surface area contributed by atoms with Crippen LogP contribution in [0.25, 0.3) is 0 Å². The number of amides is 1. The molecular formula is C21H26N2O3S2. The second kappa shape index (κ2) is 9.58. The third-order valence-electron chi connectivity index (χ3n) is 4.75. The van der Waals surface area contributed by atoms with Crippen LogP contribution in [0.5, 0.6) is 0 Å². The molecule has 3 rings (SSSR count). The highest BCUT2D eigenvalue weighted by molar-refractivity contribution is 7.99. The number of hydrogen-bond acceptors (Lipinski definition) is 4. The van der Waals surface area contributed by atoms with Crippen molar-refractivity contribution in [2.24, 2.45) is 0 Å². The topological polar surface area (TPSA) is 66.5 Å². The van der Waals surface area contributed by atoms with E-state index in [2.05, 4.69) is 5.32 Å². The van der Waals surface area contributed by atoms with E-state index in [9.17, 15) is 13.2 Å². The van der Waals surface area contributed by atoms with Gasteiger partial charge in [-0.25, -0.2) is 8.42 Å². The Morgan fingerprint density at radius 3 is 2.29 bits per heavy atom. The van der Waals surface area contributed by atoms with Gasteiger partial charge >= 0.3 is 0 Å². The average Bonchev–Trinajstić information content (AvgIpc) is 2.99. The number of rotatable bonds is 6. The smallest absolute Gasteiger partial charge is 0.256 e. The number of carbonyl (C=O) groups excluding carboxylic acids is 1. The van der Waals surface area contributed by atoms with Crippen LogP contribution < -0.4 is 5.32 Å². The zero-order valence-corrected chi connectivity index (χ0v) is 17.7. The van der Waals surface area contributed by atoms with E-state index in [1.807, 2.05) is 25.1 Å². The molecule has 1 N–H and O–H groups in total. The van der Waals surface area contributed by atoms with Crippen LogP contribution in [0.3, 0.4) is 0 Å². The summed E-state index contributed by atoms with van der Waals surface area (Å²) in [5, 5.41) is 2.86. The molecule has 5 nitrogen and oxygen atoms in total. The lowest BCUT2D eigenvalue weighted by molar-refractivity contribution is 0.102. The molecule has 1 fully saturated rings. The van der Waals surface area contributed by atoms with E-state index in [0.717, 1.165) is 36.3 Å². The van der Waals surface area contributed by atoms with Crippen molar-refractivity contribution in [1.82, 2.24) is 4.31 Å². The number of anilines is 1. The molecule has 1 aliphatic rings. The zero-order chi connectivity index (χ0) is 20.0.